The third-order valence-corrected chi connectivity index (χ3v) is 3.14. The van der Waals surface area contributed by atoms with Crippen molar-refractivity contribution in [2.45, 2.75) is 19.4 Å². The van der Waals surface area contributed by atoms with Crippen LogP contribution in [0.25, 0.3) is 0 Å². The number of rotatable bonds is 7. The van der Waals surface area contributed by atoms with Gasteiger partial charge in [-0.1, -0.05) is 0 Å². The van der Waals surface area contributed by atoms with Crippen LogP contribution in [0.3, 0.4) is 0 Å². The molecule has 8 nitrogen and oxygen atoms in total. The van der Waals surface area contributed by atoms with Crippen LogP contribution in [0.15, 0.2) is 6.33 Å². The molecule has 16 heavy (non-hydrogen) atoms. The van der Waals surface area contributed by atoms with Crippen molar-refractivity contribution in [2.75, 3.05) is 5.75 Å². The molecular formula is C7H12N4O4S. The van der Waals surface area contributed by atoms with E-state index in [-0.39, 0.29) is 25.1 Å². The van der Waals surface area contributed by atoms with E-state index in [2.05, 4.69) is 19.9 Å². The molecule has 0 spiro atoms. The molecule has 0 aliphatic rings. The van der Waals surface area contributed by atoms with E-state index < -0.39 is 16.0 Å². The Morgan fingerprint density at radius 3 is 2.88 bits per heavy atom. The van der Waals surface area contributed by atoms with Crippen molar-refractivity contribution in [3.05, 3.63) is 12.2 Å². The van der Waals surface area contributed by atoms with Gasteiger partial charge in [0.1, 0.15) is 12.2 Å². The summed E-state index contributed by atoms with van der Waals surface area (Å²) in [4.78, 5) is 13.9. The largest absolute Gasteiger partial charge is 0.481 e. The van der Waals surface area contributed by atoms with Crippen molar-refractivity contribution in [2.24, 2.45) is 0 Å². The fourth-order valence-electron chi connectivity index (χ4n) is 0.980. The van der Waals surface area contributed by atoms with E-state index in [1.165, 1.54) is 6.33 Å². The molecule has 0 aliphatic heterocycles. The van der Waals surface area contributed by atoms with Gasteiger partial charge in [0, 0.05) is 6.42 Å². The Morgan fingerprint density at radius 2 is 2.31 bits per heavy atom. The summed E-state index contributed by atoms with van der Waals surface area (Å²) < 4.78 is 25.0. The monoisotopic (exact) mass is 248 g/mol. The number of aliphatic carboxylic acids is 1. The zero-order chi connectivity index (χ0) is 12.0. The Bertz CT molecular complexity index is 427. The van der Waals surface area contributed by atoms with E-state index in [1.54, 1.807) is 0 Å². The number of carbonyl (C=O) groups is 1. The first-order chi connectivity index (χ1) is 7.49. The van der Waals surface area contributed by atoms with Gasteiger partial charge in [-0.3, -0.25) is 9.89 Å². The van der Waals surface area contributed by atoms with Gasteiger partial charge in [-0.05, 0) is 6.42 Å². The van der Waals surface area contributed by atoms with Crippen LogP contribution in [0.5, 0.6) is 0 Å². The molecular weight excluding hydrogens is 236 g/mol. The van der Waals surface area contributed by atoms with Gasteiger partial charge in [0.25, 0.3) is 0 Å². The molecule has 0 fully saturated rings. The fourth-order valence-corrected chi connectivity index (χ4v) is 2.01. The van der Waals surface area contributed by atoms with Gasteiger partial charge >= 0.3 is 5.97 Å². The summed E-state index contributed by atoms with van der Waals surface area (Å²) in [6, 6.07) is 0. The van der Waals surface area contributed by atoms with Crippen LogP contribution < -0.4 is 4.72 Å². The zero-order valence-electron chi connectivity index (χ0n) is 8.38. The third kappa shape index (κ3) is 4.84. The Morgan fingerprint density at radius 1 is 1.56 bits per heavy atom. The highest BCUT2D eigenvalue weighted by Crippen LogP contribution is 1.96. The smallest absolute Gasteiger partial charge is 0.303 e. The van der Waals surface area contributed by atoms with E-state index in [0.29, 0.717) is 5.82 Å². The van der Waals surface area contributed by atoms with Gasteiger partial charge in [-0.25, -0.2) is 18.1 Å². The standard InChI is InChI=1S/C7H12N4O4S/c12-7(13)2-1-3-16(14,15)10-4-6-8-5-9-11-6/h5,10H,1-4H2,(H,12,13)(H,8,9,11). The summed E-state index contributed by atoms with van der Waals surface area (Å²) in [7, 11) is -3.45. The average Bonchev–Trinajstić information content (AvgIpc) is 2.66. The molecule has 0 aliphatic carbocycles. The quantitative estimate of drug-likeness (QED) is 0.573. The van der Waals surface area contributed by atoms with Crippen molar-refractivity contribution < 1.29 is 18.3 Å². The first-order valence-corrected chi connectivity index (χ1v) is 6.18. The van der Waals surface area contributed by atoms with Gasteiger partial charge in [-0.2, -0.15) is 5.10 Å². The highest BCUT2D eigenvalue weighted by atomic mass is 32.2. The molecule has 1 heterocycles. The number of hydrogen-bond acceptors (Lipinski definition) is 5. The van der Waals surface area contributed by atoms with E-state index in [9.17, 15) is 13.2 Å². The highest BCUT2D eigenvalue weighted by Gasteiger charge is 2.11. The van der Waals surface area contributed by atoms with E-state index in [4.69, 9.17) is 5.11 Å². The predicted molar refractivity (Wildman–Crippen MR) is 53.9 cm³/mol. The van der Waals surface area contributed by atoms with Crippen molar-refractivity contribution in [1.82, 2.24) is 19.9 Å². The maximum Gasteiger partial charge on any atom is 0.303 e. The number of aromatic nitrogens is 3. The lowest BCUT2D eigenvalue weighted by molar-refractivity contribution is -0.137. The molecule has 1 rings (SSSR count). The lowest BCUT2D eigenvalue weighted by atomic mass is 10.3. The molecule has 1 aromatic rings. The molecule has 9 heteroatoms. The third-order valence-electron chi connectivity index (χ3n) is 1.73. The maximum absolute atomic E-state index is 11.3. The Balaban J connectivity index is 2.31. The average molecular weight is 248 g/mol. The number of aromatic amines is 1. The molecule has 90 valence electrons. The van der Waals surface area contributed by atoms with Crippen LogP contribution in [-0.4, -0.2) is 40.4 Å². The molecule has 0 radical (unpaired) electrons. The van der Waals surface area contributed by atoms with E-state index in [0.717, 1.165) is 0 Å². The van der Waals surface area contributed by atoms with Crippen LogP contribution in [0, 0.1) is 0 Å². The predicted octanol–water partition coefficient (Wildman–Crippen LogP) is -0.911. The van der Waals surface area contributed by atoms with Crippen LogP contribution >= 0.6 is 0 Å². The van der Waals surface area contributed by atoms with E-state index in [1.807, 2.05) is 0 Å². The number of carboxylic acid groups (broad SMARTS) is 1. The van der Waals surface area contributed by atoms with Crippen molar-refractivity contribution in [3.8, 4) is 0 Å². The summed E-state index contributed by atoms with van der Waals surface area (Å²) in [5.41, 5.74) is 0. The molecule has 0 bridgehead atoms. The molecule has 0 saturated heterocycles. The van der Waals surface area contributed by atoms with Gasteiger partial charge in [0.15, 0.2) is 0 Å². The number of hydrogen-bond donors (Lipinski definition) is 3. The normalized spacial score (nSPS) is 11.5. The van der Waals surface area contributed by atoms with Gasteiger partial charge in [0.05, 0.1) is 12.3 Å². The minimum atomic E-state index is -3.45. The van der Waals surface area contributed by atoms with Crippen molar-refractivity contribution >= 4 is 16.0 Å². The molecule has 0 unspecified atom stereocenters. The summed E-state index contributed by atoms with van der Waals surface area (Å²) in [6.07, 6.45) is 1.19. The molecule has 0 atom stereocenters. The minimum absolute atomic E-state index is 0.0232. The summed E-state index contributed by atoms with van der Waals surface area (Å²) in [5, 5.41) is 14.4. The molecule has 0 amide bonds. The number of nitrogens with zero attached hydrogens (tertiary/aromatic N) is 2. The number of sulfonamides is 1. The highest BCUT2D eigenvalue weighted by molar-refractivity contribution is 7.89. The van der Waals surface area contributed by atoms with Crippen LogP contribution in [-0.2, 0) is 21.4 Å². The van der Waals surface area contributed by atoms with E-state index >= 15 is 0 Å². The summed E-state index contributed by atoms with van der Waals surface area (Å²) >= 11 is 0. The number of H-pyrrole nitrogens is 1. The van der Waals surface area contributed by atoms with Gasteiger partial charge in [0.2, 0.25) is 10.0 Å². The van der Waals surface area contributed by atoms with Crippen LogP contribution in [0.2, 0.25) is 0 Å². The lowest BCUT2D eigenvalue weighted by Crippen LogP contribution is -2.26. The van der Waals surface area contributed by atoms with Crippen LogP contribution in [0.4, 0.5) is 0 Å². The Hall–Kier alpha value is -1.48. The lowest BCUT2D eigenvalue weighted by Gasteiger charge is -2.03. The van der Waals surface area contributed by atoms with Crippen molar-refractivity contribution in [1.29, 1.82) is 0 Å². The molecule has 3 N–H and O–H groups in total. The number of nitrogens with one attached hydrogen (secondary N) is 2. The number of carboxylic acids is 1. The van der Waals surface area contributed by atoms with Crippen molar-refractivity contribution in [3.63, 3.8) is 0 Å². The van der Waals surface area contributed by atoms with Gasteiger partial charge in [-0.15, -0.1) is 0 Å². The Kier molecular flexibility index (Phi) is 4.38. The Labute approximate surface area is 92.1 Å². The molecule has 1 aromatic heterocycles. The second kappa shape index (κ2) is 5.56. The second-order valence-corrected chi connectivity index (χ2v) is 5.00. The SMILES string of the molecule is O=C(O)CCCS(=O)(=O)NCc1ncn[nH]1. The van der Waals surface area contributed by atoms with Gasteiger partial charge < -0.3 is 5.11 Å². The summed E-state index contributed by atoms with van der Waals surface area (Å²) in [6.45, 7) is 0.0232. The zero-order valence-corrected chi connectivity index (χ0v) is 9.20. The maximum atomic E-state index is 11.3. The topological polar surface area (TPSA) is 125 Å². The van der Waals surface area contributed by atoms with Crippen LogP contribution in [0.1, 0.15) is 18.7 Å². The first-order valence-electron chi connectivity index (χ1n) is 4.53. The molecule has 0 aromatic carbocycles. The fraction of sp³-hybridized carbons (Fsp3) is 0.571. The minimum Gasteiger partial charge on any atom is -0.481 e. The summed E-state index contributed by atoms with van der Waals surface area (Å²) in [5.74, 6) is -0.819. The molecule has 0 saturated carbocycles. The first kappa shape index (κ1) is 12.6. The second-order valence-electron chi connectivity index (χ2n) is 3.07.